The van der Waals surface area contributed by atoms with Crippen molar-refractivity contribution in [1.29, 1.82) is 0 Å². The smallest absolute Gasteiger partial charge is 0.127 e. The Balaban J connectivity index is 5.66. The first-order valence-electron chi connectivity index (χ1n) is 8.37. The van der Waals surface area contributed by atoms with Crippen molar-refractivity contribution in [1.82, 2.24) is 0 Å². The molecule has 0 unspecified atom stereocenters. The molecule has 0 aromatic heterocycles. The quantitative estimate of drug-likeness (QED) is 0.428. The molecule has 0 amide bonds. The zero-order chi connectivity index (χ0) is 16.5. The van der Waals surface area contributed by atoms with E-state index in [1.54, 1.807) is 0 Å². The Morgan fingerprint density at radius 3 is 1.43 bits per heavy atom. The van der Waals surface area contributed by atoms with E-state index in [1.807, 2.05) is 0 Å². The average molecular weight is 319 g/mol. The van der Waals surface area contributed by atoms with Gasteiger partial charge in [-0.05, 0) is 19.3 Å². The van der Waals surface area contributed by atoms with Crippen LogP contribution < -0.4 is 0 Å². The van der Waals surface area contributed by atoms with E-state index < -0.39 is 16.1 Å². The summed E-state index contributed by atoms with van der Waals surface area (Å²) in [6.45, 7) is 18.3. The van der Waals surface area contributed by atoms with E-state index in [-0.39, 0.29) is 0 Å². The highest BCUT2D eigenvalue weighted by atomic mass is 28.3. The van der Waals surface area contributed by atoms with Crippen molar-refractivity contribution < 1.29 is 0 Å². The molecule has 21 heavy (non-hydrogen) atoms. The van der Waals surface area contributed by atoms with Crippen molar-refractivity contribution in [3.8, 4) is 22.9 Å². The predicted molar refractivity (Wildman–Crippen MR) is 104 cm³/mol. The summed E-state index contributed by atoms with van der Waals surface area (Å²) < 4.78 is 0. The molecule has 0 spiro atoms. The van der Waals surface area contributed by atoms with Crippen LogP contribution in [0.3, 0.4) is 0 Å². The summed E-state index contributed by atoms with van der Waals surface area (Å²) in [4.78, 5) is 0. The summed E-state index contributed by atoms with van der Waals surface area (Å²) in [5, 5.41) is 0. The molecular weight excluding hydrogens is 284 g/mol. The topological polar surface area (TPSA) is 0 Å². The normalized spacial score (nSPS) is 12.8. The van der Waals surface area contributed by atoms with Crippen LogP contribution in [0.15, 0.2) is 11.1 Å². The molecule has 0 fully saturated rings. The number of hydrogen-bond donors (Lipinski definition) is 0. The fourth-order valence-corrected chi connectivity index (χ4v) is 2.76. The average Bonchev–Trinajstić information content (AvgIpc) is 2.33. The van der Waals surface area contributed by atoms with E-state index in [2.05, 4.69) is 76.1 Å². The van der Waals surface area contributed by atoms with Gasteiger partial charge in [0.25, 0.3) is 0 Å². The Hall–Kier alpha value is -0.706. The largest absolute Gasteiger partial charge is 0.129 e. The van der Waals surface area contributed by atoms with E-state index in [0.717, 1.165) is 19.3 Å². The summed E-state index contributed by atoms with van der Waals surface area (Å²) in [7, 11) is -2.64. The van der Waals surface area contributed by atoms with Gasteiger partial charge in [-0.15, -0.1) is 11.1 Å². The number of rotatable bonds is 5. The molecular formula is C19H34Si2. The molecule has 0 aliphatic rings. The molecule has 0 bridgehead atoms. The highest BCUT2D eigenvalue weighted by Crippen LogP contribution is 2.17. The molecule has 0 aromatic carbocycles. The van der Waals surface area contributed by atoms with Crippen LogP contribution in [-0.4, -0.2) is 16.1 Å². The van der Waals surface area contributed by atoms with Gasteiger partial charge in [-0.3, -0.25) is 0 Å². The van der Waals surface area contributed by atoms with Crippen LogP contribution in [0.25, 0.3) is 0 Å². The molecule has 0 heterocycles. The molecule has 0 atom stereocenters. The van der Waals surface area contributed by atoms with Crippen molar-refractivity contribution >= 4 is 16.1 Å². The lowest BCUT2D eigenvalue weighted by Crippen LogP contribution is -2.17. The van der Waals surface area contributed by atoms with E-state index in [1.165, 1.54) is 24.0 Å². The van der Waals surface area contributed by atoms with E-state index in [9.17, 15) is 0 Å². The minimum absolute atomic E-state index is 1.08. The van der Waals surface area contributed by atoms with Crippen LogP contribution in [0, 0.1) is 22.9 Å². The monoisotopic (exact) mass is 318 g/mol. The van der Waals surface area contributed by atoms with Gasteiger partial charge in [0.1, 0.15) is 16.1 Å². The third-order valence-electron chi connectivity index (χ3n) is 2.82. The first-order valence-corrected chi connectivity index (χ1v) is 15.4. The van der Waals surface area contributed by atoms with Gasteiger partial charge >= 0.3 is 0 Å². The molecule has 0 rings (SSSR count). The second-order valence-electron chi connectivity index (χ2n) is 7.81. The maximum absolute atomic E-state index is 3.54. The zero-order valence-corrected chi connectivity index (χ0v) is 17.5. The second-order valence-corrected chi connectivity index (χ2v) is 17.3. The highest BCUT2D eigenvalue weighted by Gasteiger charge is 2.10. The minimum Gasteiger partial charge on any atom is -0.127 e. The first-order chi connectivity index (χ1) is 9.59. The fourth-order valence-electron chi connectivity index (χ4n) is 1.71. The Morgan fingerprint density at radius 2 is 1.10 bits per heavy atom. The SMILES string of the molecule is CCCC/C(C#C[Si](C)(C)C)=C(/C#C[Si](C)(C)C)CCC. The van der Waals surface area contributed by atoms with Crippen LogP contribution in [0.5, 0.6) is 0 Å². The second kappa shape index (κ2) is 9.34. The Kier molecular flexibility index (Phi) is 9.03. The molecule has 0 aliphatic carbocycles. The summed E-state index contributed by atoms with van der Waals surface area (Å²) in [5.41, 5.74) is 9.72. The lowest BCUT2D eigenvalue weighted by molar-refractivity contribution is 0.790. The lowest BCUT2D eigenvalue weighted by Gasteiger charge is -2.09. The summed E-state index contributed by atoms with van der Waals surface area (Å²) in [6, 6.07) is 0. The highest BCUT2D eigenvalue weighted by molar-refractivity contribution is 6.84. The Labute approximate surface area is 135 Å². The van der Waals surface area contributed by atoms with Crippen LogP contribution in [0.2, 0.25) is 39.3 Å². The predicted octanol–water partition coefficient (Wildman–Crippen LogP) is 6.03. The maximum atomic E-state index is 3.54. The molecule has 0 aromatic rings. The van der Waals surface area contributed by atoms with Crippen molar-refractivity contribution in [2.24, 2.45) is 0 Å². The van der Waals surface area contributed by atoms with Crippen molar-refractivity contribution in [2.45, 2.75) is 85.2 Å². The van der Waals surface area contributed by atoms with Gasteiger partial charge in [0.2, 0.25) is 0 Å². The Bertz CT molecular complexity index is 462. The maximum Gasteiger partial charge on any atom is 0.129 e. The summed E-state index contributed by atoms with van der Waals surface area (Å²) in [6.07, 6.45) is 5.77. The van der Waals surface area contributed by atoms with E-state index >= 15 is 0 Å². The molecule has 0 saturated carbocycles. The third kappa shape index (κ3) is 11.6. The van der Waals surface area contributed by atoms with Gasteiger partial charge < -0.3 is 0 Å². The van der Waals surface area contributed by atoms with Crippen molar-refractivity contribution in [2.75, 3.05) is 0 Å². The molecule has 0 nitrogen and oxygen atoms in total. The zero-order valence-electron chi connectivity index (χ0n) is 15.5. The molecule has 0 saturated heterocycles. The van der Waals surface area contributed by atoms with Crippen molar-refractivity contribution in [3.05, 3.63) is 11.1 Å². The third-order valence-corrected chi connectivity index (χ3v) is 4.57. The van der Waals surface area contributed by atoms with E-state index in [4.69, 9.17) is 0 Å². The van der Waals surface area contributed by atoms with Crippen LogP contribution in [-0.2, 0) is 0 Å². The van der Waals surface area contributed by atoms with Crippen molar-refractivity contribution in [3.63, 3.8) is 0 Å². The fraction of sp³-hybridized carbons (Fsp3) is 0.684. The number of hydrogen-bond acceptors (Lipinski definition) is 0. The number of unbranched alkanes of at least 4 members (excludes halogenated alkanes) is 1. The molecule has 2 heteroatoms. The lowest BCUT2D eigenvalue weighted by atomic mass is 10.00. The van der Waals surface area contributed by atoms with Crippen LogP contribution in [0.1, 0.15) is 46.0 Å². The Morgan fingerprint density at radius 1 is 0.667 bits per heavy atom. The van der Waals surface area contributed by atoms with E-state index in [0.29, 0.717) is 0 Å². The van der Waals surface area contributed by atoms with Gasteiger partial charge in [-0.2, -0.15) is 0 Å². The molecule has 118 valence electrons. The minimum atomic E-state index is -1.32. The standard InChI is InChI=1S/C19H34Si2/c1-9-11-13-19(15-17-21(6,7)8)18(12-10-2)14-16-20(3,4)5/h9-13H2,1-8H3/b19-18-. The van der Waals surface area contributed by atoms with Crippen LogP contribution >= 0.6 is 0 Å². The first kappa shape index (κ1) is 20.3. The van der Waals surface area contributed by atoms with Gasteiger partial charge in [0.15, 0.2) is 0 Å². The summed E-state index contributed by atoms with van der Waals surface area (Å²) >= 11 is 0. The van der Waals surface area contributed by atoms with Gasteiger partial charge in [0.05, 0.1) is 0 Å². The summed E-state index contributed by atoms with van der Waals surface area (Å²) in [5.74, 6) is 7.03. The molecule has 0 aliphatic heterocycles. The molecule has 0 N–H and O–H groups in total. The van der Waals surface area contributed by atoms with Gasteiger partial charge in [-0.25, -0.2) is 0 Å². The van der Waals surface area contributed by atoms with Crippen LogP contribution in [0.4, 0.5) is 0 Å². The number of allylic oxidation sites excluding steroid dienone is 2. The van der Waals surface area contributed by atoms with Gasteiger partial charge in [-0.1, -0.05) is 77.8 Å². The van der Waals surface area contributed by atoms with Gasteiger partial charge in [0, 0.05) is 11.1 Å². The molecule has 0 radical (unpaired) electrons.